The number of imidazole rings is 2. The number of pyridine rings is 1. The maximum atomic E-state index is 15.3. The molecule has 5 aromatic rings. The van der Waals surface area contributed by atoms with Crippen molar-refractivity contribution in [2.75, 3.05) is 13.1 Å². The highest BCUT2D eigenvalue weighted by Gasteiger charge is 2.24. The van der Waals surface area contributed by atoms with Gasteiger partial charge in [0.05, 0.1) is 48.0 Å². The lowest BCUT2D eigenvalue weighted by Crippen LogP contribution is -2.38. The number of aromatic nitrogens is 5. The summed E-state index contributed by atoms with van der Waals surface area (Å²) in [5.41, 5.74) is 2.98. The van der Waals surface area contributed by atoms with Crippen LogP contribution in [0.4, 0.5) is 8.78 Å². The standard InChI is InChI=1S/C35H33F2N7O4/c1-2-43-22-39-18-26(43)19-44-30-16-23(7-9-34(45)46)14-29(37)35(30)41-32(44)20-42-12-10-27(11-13-42)48-33-5-3-4-25(40-33)21-47-31-8-6-24(17-38)15-28(31)36/h3-9,14-16,18,22,27H,2,10-13,19-21H2,1H3,(H,45,46)/b9-7+. The van der Waals surface area contributed by atoms with E-state index in [9.17, 15) is 9.18 Å². The highest BCUT2D eigenvalue weighted by atomic mass is 19.1. The molecule has 0 spiro atoms. The third kappa shape index (κ3) is 7.50. The molecule has 1 fully saturated rings. The number of fused-ring (bicyclic) bond motifs is 1. The summed E-state index contributed by atoms with van der Waals surface area (Å²) in [5, 5.41) is 18.0. The summed E-state index contributed by atoms with van der Waals surface area (Å²) in [4.78, 5) is 26.9. The number of rotatable bonds is 12. The molecular weight excluding hydrogens is 620 g/mol. The van der Waals surface area contributed by atoms with Gasteiger partial charge < -0.3 is 23.7 Å². The number of carboxylic acid groups (broad SMARTS) is 1. The second-order valence-corrected chi connectivity index (χ2v) is 11.4. The molecule has 246 valence electrons. The van der Waals surface area contributed by atoms with Gasteiger partial charge in [0.1, 0.15) is 24.1 Å². The second kappa shape index (κ2) is 14.4. The van der Waals surface area contributed by atoms with Gasteiger partial charge in [0, 0.05) is 38.0 Å². The van der Waals surface area contributed by atoms with Gasteiger partial charge in [0.15, 0.2) is 17.4 Å². The Morgan fingerprint density at radius 2 is 1.94 bits per heavy atom. The Labute approximate surface area is 275 Å². The van der Waals surface area contributed by atoms with E-state index in [0.29, 0.717) is 41.6 Å². The number of carbonyl (C=O) groups is 1. The fraction of sp³-hybridized carbons (Fsp3) is 0.286. The summed E-state index contributed by atoms with van der Waals surface area (Å²) in [6.45, 7) is 5.14. The van der Waals surface area contributed by atoms with Crippen molar-refractivity contribution in [3.8, 4) is 17.7 Å². The van der Waals surface area contributed by atoms with E-state index in [-0.39, 0.29) is 29.5 Å². The fourth-order valence-electron chi connectivity index (χ4n) is 5.74. The van der Waals surface area contributed by atoms with Gasteiger partial charge in [-0.2, -0.15) is 5.26 Å². The van der Waals surface area contributed by atoms with Crippen LogP contribution in [-0.2, 0) is 31.0 Å². The number of likely N-dealkylation sites (tertiary alicyclic amines) is 1. The average Bonchev–Trinajstić information content (AvgIpc) is 3.68. The molecule has 1 N–H and O–H groups in total. The van der Waals surface area contributed by atoms with E-state index in [1.807, 2.05) is 28.2 Å². The molecular formula is C35H33F2N7O4. The smallest absolute Gasteiger partial charge is 0.328 e. The van der Waals surface area contributed by atoms with Gasteiger partial charge in [-0.1, -0.05) is 6.07 Å². The van der Waals surface area contributed by atoms with E-state index >= 15 is 4.39 Å². The van der Waals surface area contributed by atoms with Crippen molar-refractivity contribution in [1.82, 2.24) is 29.0 Å². The summed E-state index contributed by atoms with van der Waals surface area (Å²) in [5.74, 6) is -1.06. The van der Waals surface area contributed by atoms with Crippen LogP contribution in [0.15, 0.2) is 67.1 Å². The predicted octanol–water partition coefficient (Wildman–Crippen LogP) is 5.57. The molecule has 1 aliphatic rings. The minimum atomic E-state index is -1.11. The van der Waals surface area contributed by atoms with Gasteiger partial charge >= 0.3 is 5.97 Å². The zero-order valence-corrected chi connectivity index (χ0v) is 26.2. The Morgan fingerprint density at radius 1 is 1.10 bits per heavy atom. The van der Waals surface area contributed by atoms with Crippen molar-refractivity contribution in [2.45, 2.75) is 52.1 Å². The van der Waals surface area contributed by atoms with E-state index in [4.69, 9.17) is 24.8 Å². The summed E-state index contributed by atoms with van der Waals surface area (Å²) in [6, 6.07) is 14.3. The summed E-state index contributed by atoms with van der Waals surface area (Å²) in [7, 11) is 0. The molecule has 0 bridgehead atoms. The number of piperidine rings is 1. The fourth-order valence-corrected chi connectivity index (χ4v) is 5.74. The minimum Gasteiger partial charge on any atom is -0.484 e. The zero-order valence-electron chi connectivity index (χ0n) is 26.2. The summed E-state index contributed by atoms with van der Waals surface area (Å²) >= 11 is 0. The van der Waals surface area contributed by atoms with Crippen molar-refractivity contribution in [1.29, 1.82) is 5.26 Å². The number of nitriles is 1. The van der Waals surface area contributed by atoms with Crippen molar-refractivity contribution in [3.63, 3.8) is 0 Å². The number of halogens is 2. The van der Waals surface area contributed by atoms with Crippen LogP contribution in [-0.4, -0.2) is 59.3 Å². The molecule has 2 aromatic carbocycles. The zero-order chi connectivity index (χ0) is 33.6. The predicted molar refractivity (Wildman–Crippen MR) is 172 cm³/mol. The molecule has 11 nitrogen and oxygen atoms in total. The second-order valence-electron chi connectivity index (χ2n) is 11.4. The number of benzene rings is 2. The molecule has 0 saturated carbocycles. The van der Waals surface area contributed by atoms with Crippen molar-refractivity contribution < 1.29 is 28.2 Å². The van der Waals surface area contributed by atoms with Gasteiger partial charge in [-0.05, 0) is 67.8 Å². The van der Waals surface area contributed by atoms with Crippen molar-refractivity contribution in [3.05, 3.63) is 107 Å². The maximum Gasteiger partial charge on any atom is 0.328 e. The molecule has 48 heavy (non-hydrogen) atoms. The van der Waals surface area contributed by atoms with E-state index in [1.165, 1.54) is 24.3 Å². The molecule has 0 radical (unpaired) electrons. The topological polar surface area (TPSA) is 131 Å². The largest absolute Gasteiger partial charge is 0.484 e. The minimum absolute atomic E-state index is 0.0381. The molecule has 1 saturated heterocycles. The first-order valence-electron chi connectivity index (χ1n) is 15.6. The lowest BCUT2D eigenvalue weighted by Gasteiger charge is -2.31. The maximum absolute atomic E-state index is 15.3. The average molecular weight is 654 g/mol. The Balaban J connectivity index is 1.12. The SMILES string of the molecule is CCn1cncc1Cn1c(CN2CCC(Oc3cccc(COc4ccc(C#N)cc4F)n3)CC2)nc2c(F)cc(/C=C/C(=O)O)cc21. The number of aryl methyl sites for hydroxylation is 1. The molecule has 0 unspecified atom stereocenters. The Kier molecular flexibility index (Phi) is 9.73. The van der Waals surface area contributed by atoms with Crippen LogP contribution in [0.2, 0.25) is 0 Å². The van der Waals surface area contributed by atoms with E-state index < -0.39 is 17.6 Å². The lowest BCUT2D eigenvalue weighted by atomic mass is 10.1. The first-order chi connectivity index (χ1) is 23.3. The lowest BCUT2D eigenvalue weighted by molar-refractivity contribution is -0.131. The van der Waals surface area contributed by atoms with E-state index in [1.54, 1.807) is 30.7 Å². The van der Waals surface area contributed by atoms with Crippen LogP contribution in [0.5, 0.6) is 11.6 Å². The van der Waals surface area contributed by atoms with Gasteiger partial charge in [0.2, 0.25) is 5.88 Å². The first-order valence-corrected chi connectivity index (χ1v) is 15.6. The normalized spacial score (nSPS) is 14.0. The molecule has 3 aromatic heterocycles. The molecule has 13 heteroatoms. The highest BCUT2D eigenvalue weighted by molar-refractivity contribution is 5.87. The molecule has 0 atom stereocenters. The summed E-state index contributed by atoms with van der Waals surface area (Å²) in [6.07, 6.45) is 7.30. The van der Waals surface area contributed by atoms with Gasteiger partial charge in [-0.25, -0.2) is 28.5 Å². The third-order valence-electron chi connectivity index (χ3n) is 8.19. The Hall–Kier alpha value is -5.61. The van der Waals surface area contributed by atoms with E-state index in [2.05, 4.69) is 14.9 Å². The van der Waals surface area contributed by atoms with Crippen LogP contribution < -0.4 is 9.47 Å². The van der Waals surface area contributed by atoms with Gasteiger partial charge in [0.25, 0.3) is 0 Å². The quantitative estimate of drug-likeness (QED) is 0.172. The van der Waals surface area contributed by atoms with Crippen LogP contribution in [0, 0.1) is 23.0 Å². The Morgan fingerprint density at radius 3 is 2.69 bits per heavy atom. The number of nitrogens with zero attached hydrogens (tertiary/aromatic N) is 7. The molecule has 0 aliphatic carbocycles. The molecule has 1 aliphatic heterocycles. The monoisotopic (exact) mass is 653 g/mol. The van der Waals surface area contributed by atoms with E-state index in [0.717, 1.165) is 50.3 Å². The van der Waals surface area contributed by atoms with Crippen LogP contribution in [0.25, 0.3) is 17.1 Å². The number of hydrogen-bond acceptors (Lipinski definition) is 8. The number of ether oxygens (including phenoxy) is 2. The Bertz CT molecular complexity index is 2010. The van der Waals surface area contributed by atoms with Crippen molar-refractivity contribution >= 4 is 23.1 Å². The van der Waals surface area contributed by atoms with Gasteiger partial charge in [-0.15, -0.1) is 0 Å². The third-order valence-corrected chi connectivity index (χ3v) is 8.19. The van der Waals surface area contributed by atoms with Crippen LogP contribution in [0.3, 0.4) is 0 Å². The number of hydrogen-bond donors (Lipinski definition) is 1. The highest BCUT2D eigenvalue weighted by Crippen LogP contribution is 2.26. The van der Waals surface area contributed by atoms with Gasteiger partial charge in [-0.3, -0.25) is 4.90 Å². The number of aliphatic carboxylic acids is 1. The first kappa shape index (κ1) is 32.3. The number of carboxylic acids is 1. The molecule has 6 rings (SSSR count). The van der Waals surface area contributed by atoms with Crippen LogP contribution >= 0.6 is 0 Å². The molecule has 4 heterocycles. The van der Waals surface area contributed by atoms with Crippen LogP contribution in [0.1, 0.15) is 48.1 Å². The van der Waals surface area contributed by atoms with Crippen molar-refractivity contribution in [2.24, 2.45) is 0 Å². The molecule has 0 amide bonds. The summed E-state index contributed by atoms with van der Waals surface area (Å²) < 4.78 is 45.3.